The molecule has 0 spiro atoms. The molecule has 0 fully saturated rings. The second kappa shape index (κ2) is 10.7. The quantitative estimate of drug-likeness (QED) is 0.483. The van der Waals surface area contributed by atoms with Crippen LogP contribution in [0.15, 0.2) is 0 Å². The lowest BCUT2D eigenvalue weighted by atomic mass is 9.75. The lowest BCUT2D eigenvalue weighted by molar-refractivity contribution is 0.197. The molecule has 0 bridgehead atoms. The van der Waals surface area contributed by atoms with E-state index in [1.165, 1.54) is 51.5 Å². The first-order valence-corrected chi connectivity index (χ1v) is 8.68. The van der Waals surface area contributed by atoms with Gasteiger partial charge < -0.3 is 5.32 Å². The highest BCUT2D eigenvalue weighted by Gasteiger charge is 2.26. The van der Waals surface area contributed by atoms with Crippen molar-refractivity contribution in [1.29, 1.82) is 0 Å². The molecule has 19 heavy (non-hydrogen) atoms. The fraction of sp³-hybridized carbons (Fsp3) is 1.00. The van der Waals surface area contributed by atoms with Gasteiger partial charge in [-0.05, 0) is 36.6 Å². The van der Waals surface area contributed by atoms with Crippen molar-refractivity contribution in [2.75, 3.05) is 13.1 Å². The van der Waals surface area contributed by atoms with Crippen molar-refractivity contribution in [3.05, 3.63) is 0 Å². The third kappa shape index (κ3) is 9.49. The molecule has 0 aliphatic rings. The van der Waals surface area contributed by atoms with E-state index in [0.29, 0.717) is 5.41 Å². The summed E-state index contributed by atoms with van der Waals surface area (Å²) in [6.07, 6.45) is 9.60. The highest BCUT2D eigenvalue weighted by molar-refractivity contribution is 4.80. The fourth-order valence-electron chi connectivity index (χ4n) is 3.17. The van der Waals surface area contributed by atoms with Gasteiger partial charge in [0.2, 0.25) is 0 Å². The average molecular weight is 270 g/mol. The Morgan fingerprint density at radius 3 is 2.21 bits per heavy atom. The van der Waals surface area contributed by atoms with Crippen LogP contribution >= 0.6 is 0 Å². The van der Waals surface area contributed by atoms with Crippen molar-refractivity contribution in [3.63, 3.8) is 0 Å². The molecule has 0 saturated carbocycles. The van der Waals surface area contributed by atoms with Crippen LogP contribution in [0.4, 0.5) is 0 Å². The van der Waals surface area contributed by atoms with Gasteiger partial charge in [0.15, 0.2) is 0 Å². The molecule has 0 amide bonds. The Hall–Kier alpha value is -0.0400. The summed E-state index contributed by atoms with van der Waals surface area (Å²) in [5.74, 6) is 1.69. The molecule has 0 aromatic heterocycles. The maximum atomic E-state index is 3.70. The monoisotopic (exact) mass is 269 g/mol. The standard InChI is InChI=1S/C18H39N/c1-7-10-11-17(9-3)13-18(6,12-8-2)15-19-14-16(4)5/h16-17,19H,7-15H2,1-6H3. The van der Waals surface area contributed by atoms with Gasteiger partial charge in [-0.15, -0.1) is 0 Å². The van der Waals surface area contributed by atoms with Crippen molar-refractivity contribution in [2.24, 2.45) is 17.3 Å². The van der Waals surface area contributed by atoms with Crippen LogP contribution in [0.2, 0.25) is 0 Å². The van der Waals surface area contributed by atoms with Crippen molar-refractivity contribution in [1.82, 2.24) is 5.32 Å². The number of hydrogen-bond donors (Lipinski definition) is 1. The maximum Gasteiger partial charge on any atom is 0.000537 e. The van der Waals surface area contributed by atoms with Crippen LogP contribution in [0.5, 0.6) is 0 Å². The first kappa shape index (κ1) is 19.0. The molecule has 2 atom stereocenters. The van der Waals surface area contributed by atoms with Crippen LogP contribution in [-0.2, 0) is 0 Å². The summed E-state index contributed by atoms with van der Waals surface area (Å²) >= 11 is 0. The van der Waals surface area contributed by atoms with Crippen LogP contribution in [0.3, 0.4) is 0 Å². The molecule has 2 unspecified atom stereocenters. The number of nitrogens with one attached hydrogen (secondary N) is 1. The molecule has 0 aromatic carbocycles. The molecule has 1 nitrogen and oxygen atoms in total. The summed E-state index contributed by atoms with van der Waals surface area (Å²) in [6.45, 7) is 16.4. The summed E-state index contributed by atoms with van der Waals surface area (Å²) in [4.78, 5) is 0. The highest BCUT2D eigenvalue weighted by atomic mass is 14.9. The lowest BCUT2D eigenvalue weighted by Crippen LogP contribution is -2.35. The summed E-state index contributed by atoms with van der Waals surface area (Å²) < 4.78 is 0. The van der Waals surface area contributed by atoms with E-state index in [9.17, 15) is 0 Å². The van der Waals surface area contributed by atoms with E-state index in [0.717, 1.165) is 18.4 Å². The third-order valence-electron chi connectivity index (χ3n) is 4.28. The Labute approximate surface area is 122 Å². The normalized spacial score (nSPS) is 16.6. The number of hydrogen-bond acceptors (Lipinski definition) is 1. The van der Waals surface area contributed by atoms with E-state index in [-0.39, 0.29) is 0 Å². The van der Waals surface area contributed by atoms with Crippen LogP contribution in [0.25, 0.3) is 0 Å². The average Bonchev–Trinajstić information content (AvgIpc) is 2.34. The summed E-state index contributed by atoms with van der Waals surface area (Å²) in [7, 11) is 0. The smallest absolute Gasteiger partial charge is 0.000537 e. The van der Waals surface area contributed by atoms with Crippen LogP contribution in [-0.4, -0.2) is 13.1 Å². The Balaban J connectivity index is 4.31. The van der Waals surface area contributed by atoms with Crippen molar-refractivity contribution < 1.29 is 0 Å². The van der Waals surface area contributed by atoms with E-state index < -0.39 is 0 Å². The maximum absolute atomic E-state index is 3.70. The van der Waals surface area contributed by atoms with Crippen LogP contribution in [0, 0.1) is 17.3 Å². The Bertz CT molecular complexity index is 200. The van der Waals surface area contributed by atoms with Gasteiger partial charge in [-0.3, -0.25) is 0 Å². The first-order chi connectivity index (χ1) is 8.97. The number of rotatable bonds is 12. The molecule has 0 aliphatic heterocycles. The van der Waals surface area contributed by atoms with Gasteiger partial charge in [0.1, 0.15) is 0 Å². The van der Waals surface area contributed by atoms with E-state index in [1.54, 1.807) is 0 Å². The molecular formula is C18H39N. The number of unbranched alkanes of at least 4 members (excludes halogenated alkanes) is 1. The predicted octanol–water partition coefficient (Wildman–Crippen LogP) is 5.64. The minimum Gasteiger partial charge on any atom is -0.316 e. The molecular weight excluding hydrogens is 230 g/mol. The predicted molar refractivity (Wildman–Crippen MR) is 88.6 cm³/mol. The Kier molecular flexibility index (Phi) is 10.7. The van der Waals surface area contributed by atoms with E-state index in [4.69, 9.17) is 0 Å². The van der Waals surface area contributed by atoms with Crippen LogP contribution in [0.1, 0.15) is 86.5 Å². The summed E-state index contributed by atoms with van der Waals surface area (Å²) in [5.41, 5.74) is 0.498. The summed E-state index contributed by atoms with van der Waals surface area (Å²) in [6, 6.07) is 0. The molecule has 0 saturated heterocycles. The molecule has 0 aliphatic carbocycles. The van der Waals surface area contributed by atoms with E-state index >= 15 is 0 Å². The molecule has 0 radical (unpaired) electrons. The minimum atomic E-state index is 0.498. The topological polar surface area (TPSA) is 12.0 Å². The molecule has 1 N–H and O–H groups in total. The Morgan fingerprint density at radius 1 is 1.05 bits per heavy atom. The lowest BCUT2D eigenvalue weighted by Gasteiger charge is -2.34. The second-order valence-corrected chi connectivity index (χ2v) is 7.21. The van der Waals surface area contributed by atoms with Crippen molar-refractivity contribution >= 4 is 0 Å². The molecule has 1 heteroatoms. The second-order valence-electron chi connectivity index (χ2n) is 7.21. The van der Waals surface area contributed by atoms with Crippen molar-refractivity contribution in [3.8, 4) is 0 Å². The summed E-state index contributed by atoms with van der Waals surface area (Å²) in [5, 5.41) is 3.70. The zero-order chi connectivity index (χ0) is 14.7. The van der Waals surface area contributed by atoms with Gasteiger partial charge in [0.05, 0.1) is 0 Å². The minimum absolute atomic E-state index is 0.498. The molecule has 0 rings (SSSR count). The molecule has 116 valence electrons. The first-order valence-electron chi connectivity index (χ1n) is 8.68. The third-order valence-corrected chi connectivity index (χ3v) is 4.28. The fourth-order valence-corrected chi connectivity index (χ4v) is 3.17. The zero-order valence-corrected chi connectivity index (χ0v) is 14.5. The van der Waals surface area contributed by atoms with Gasteiger partial charge in [-0.2, -0.15) is 0 Å². The molecule has 0 heterocycles. The van der Waals surface area contributed by atoms with Crippen LogP contribution < -0.4 is 5.32 Å². The van der Waals surface area contributed by atoms with Gasteiger partial charge in [-0.1, -0.05) is 73.6 Å². The van der Waals surface area contributed by atoms with Gasteiger partial charge in [0, 0.05) is 6.54 Å². The molecule has 0 aromatic rings. The van der Waals surface area contributed by atoms with Gasteiger partial charge in [0.25, 0.3) is 0 Å². The van der Waals surface area contributed by atoms with Gasteiger partial charge in [-0.25, -0.2) is 0 Å². The largest absolute Gasteiger partial charge is 0.316 e. The SMILES string of the molecule is CCCCC(CC)CC(C)(CCC)CNCC(C)C. The highest BCUT2D eigenvalue weighted by Crippen LogP contribution is 2.34. The van der Waals surface area contributed by atoms with E-state index in [1.807, 2.05) is 0 Å². The van der Waals surface area contributed by atoms with E-state index in [2.05, 4.69) is 46.9 Å². The zero-order valence-electron chi connectivity index (χ0n) is 14.5. The van der Waals surface area contributed by atoms with Crippen molar-refractivity contribution in [2.45, 2.75) is 86.5 Å². The Morgan fingerprint density at radius 2 is 1.74 bits per heavy atom. The van der Waals surface area contributed by atoms with Gasteiger partial charge >= 0.3 is 0 Å².